The SMILES string of the molecule is CCC.CCc1cnc(N2CCC(C(C)C)CC2)nc1. The number of aromatic nitrogens is 2. The van der Waals surface area contributed by atoms with Crippen LogP contribution in [0.3, 0.4) is 0 Å². The number of piperidine rings is 1. The fourth-order valence-corrected chi connectivity index (χ4v) is 2.46. The molecule has 0 atom stereocenters. The van der Waals surface area contributed by atoms with E-state index in [-0.39, 0.29) is 0 Å². The third-order valence-electron chi connectivity index (χ3n) is 3.87. The fraction of sp³-hybridized carbons (Fsp3) is 0.765. The van der Waals surface area contributed by atoms with E-state index in [1.165, 1.54) is 24.8 Å². The van der Waals surface area contributed by atoms with Gasteiger partial charge in [-0.1, -0.05) is 41.0 Å². The fourth-order valence-electron chi connectivity index (χ4n) is 2.46. The first-order chi connectivity index (χ1) is 9.62. The third-order valence-corrected chi connectivity index (χ3v) is 3.87. The molecule has 0 unspecified atom stereocenters. The van der Waals surface area contributed by atoms with E-state index in [4.69, 9.17) is 0 Å². The lowest BCUT2D eigenvalue weighted by Gasteiger charge is -2.33. The van der Waals surface area contributed by atoms with Crippen molar-refractivity contribution in [3.05, 3.63) is 18.0 Å². The molecule has 0 aromatic carbocycles. The van der Waals surface area contributed by atoms with Crippen molar-refractivity contribution in [3.8, 4) is 0 Å². The van der Waals surface area contributed by atoms with Crippen molar-refractivity contribution in [1.82, 2.24) is 9.97 Å². The van der Waals surface area contributed by atoms with Gasteiger partial charge in [-0.15, -0.1) is 0 Å². The maximum atomic E-state index is 4.46. The molecule has 0 N–H and O–H groups in total. The molecule has 2 rings (SSSR count). The highest BCUT2D eigenvalue weighted by molar-refractivity contribution is 5.30. The van der Waals surface area contributed by atoms with E-state index in [2.05, 4.69) is 49.5 Å². The highest BCUT2D eigenvalue weighted by atomic mass is 15.2. The van der Waals surface area contributed by atoms with Crippen molar-refractivity contribution >= 4 is 5.95 Å². The van der Waals surface area contributed by atoms with Crippen LogP contribution in [0.5, 0.6) is 0 Å². The van der Waals surface area contributed by atoms with Crippen LogP contribution in [0.1, 0.15) is 59.4 Å². The van der Waals surface area contributed by atoms with Crippen LogP contribution in [0.15, 0.2) is 12.4 Å². The van der Waals surface area contributed by atoms with Gasteiger partial charge in [0.2, 0.25) is 5.95 Å². The van der Waals surface area contributed by atoms with Gasteiger partial charge < -0.3 is 4.90 Å². The summed E-state index contributed by atoms with van der Waals surface area (Å²) in [7, 11) is 0. The summed E-state index contributed by atoms with van der Waals surface area (Å²) >= 11 is 0. The smallest absolute Gasteiger partial charge is 0.225 e. The Balaban J connectivity index is 0.000000612. The van der Waals surface area contributed by atoms with Crippen molar-refractivity contribution in [2.45, 2.75) is 60.3 Å². The lowest BCUT2D eigenvalue weighted by Crippen LogP contribution is -2.36. The van der Waals surface area contributed by atoms with E-state index in [0.717, 1.165) is 37.3 Å². The van der Waals surface area contributed by atoms with Crippen LogP contribution in [0.2, 0.25) is 0 Å². The summed E-state index contributed by atoms with van der Waals surface area (Å²) in [5.41, 5.74) is 1.21. The standard InChI is InChI=1S/C14H23N3.C3H8/c1-4-12-9-15-14(16-10-12)17-7-5-13(6-8-17)11(2)3;1-3-2/h9-11,13H,4-8H2,1-3H3;3H2,1-2H3. The van der Waals surface area contributed by atoms with Gasteiger partial charge in [0.25, 0.3) is 0 Å². The maximum Gasteiger partial charge on any atom is 0.225 e. The van der Waals surface area contributed by atoms with Crippen molar-refractivity contribution in [3.63, 3.8) is 0 Å². The lowest BCUT2D eigenvalue weighted by molar-refractivity contribution is 0.310. The Hall–Kier alpha value is -1.12. The Morgan fingerprint density at radius 3 is 2.00 bits per heavy atom. The van der Waals surface area contributed by atoms with Crippen LogP contribution >= 0.6 is 0 Å². The molecule has 1 aliphatic heterocycles. The molecular formula is C17H31N3. The molecule has 3 nitrogen and oxygen atoms in total. The zero-order valence-corrected chi connectivity index (χ0v) is 13.9. The maximum absolute atomic E-state index is 4.46. The number of rotatable bonds is 3. The molecule has 0 radical (unpaired) electrons. The summed E-state index contributed by atoms with van der Waals surface area (Å²) in [6.45, 7) is 13.2. The van der Waals surface area contributed by atoms with Crippen molar-refractivity contribution in [2.75, 3.05) is 18.0 Å². The quantitative estimate of drug-likeness (QED) is 0.823. The number of anilines is 1. The first-order valence-electron chi connectivity index (χ1n) is 8.18. The van der Waals surface area contributed by atoms with Gasteiger partial charge in [0.05, 0.1) is 0 Å². The molecule has 0 saturated carbocycles. The second-order valence-electron chi connectivity index (χ2n) is 6.02. The summed E-state index contributed by atoms with van der Waals surface area (Å²) in [5, 5.41) is 0. The Bertz CT molecular complexity index is 351. The minimum Gasteiger partial charge on any atom is -0.341 e. The number of nitrogens with zero attached hydrogens (tertiary/aromatic N) is 3. The molecule has 1 aliphatic rings. The Morgan fingerprint density at radius 1 is 1.10 bits per heavy atom. The van der Waals surface area contributed by atoms with Crippen molar-refractivity contribution < 1.29 is 0 Å². The molecule has 0 amide bonds. The normalized spacial score (nSPS) is 16.0. The van der Waals surface area contributed by atoms with E-state index in [0.29, 0.717) is 0 Å². The molecule has 20 heavy (non-hydrogen) atoms. The van der Waals surface area contributed by atoms with Crippen LogP contribution in [-0.2, 0) is 6.42 Å². The van der Waals surface area contributed by atoms with Crippen LogP contribution in [0, 0.1) is 11.8 Å². The van der Waals surface area contributed by atoms with Gasteiger partial charge in [-0.05, 0) is 36.7 Å². The average molecular weight is 277 g/mol. The number of hydrogen-bond donors (Lipinski definition) is 0. The molecule has 1 saturated heterocycles. The van der Waals surface area contributed by atoms with Crippen LogP contribution in [0.4, 0.5) is 5.95 Å². The zero-order chi connectivity index (χ0) is 15.0. The zero-order valence-electron chi connectivity index (χ0n) is 13.9. The third kappa shape index (κ3) is 5.10. The van der Waals surface area contributed by atoms with E-state index in [9.17, 15) is 0 Å². The first-order valence-corrected chi connectivity index (χ1v) is 8.18. The summed E-state index contributed by atoms with van der Waals surface area (Å²) in [5.74, 6) is 2.59. The van der Waals surface area contributed by atoms with Crippen molar-refractivity contribution in [2.24, 2.45) is 11.8 Å². The predicted molar refractivity (Wildman–Crippen MR) is 87.2 cm³/mol. The summed E-state index contributed by atoms with van der Waals surface area (Å²) < 4.78 is 0. The van der Waals surface area contributed by atoms with Gasteiger partial charge >= 0.3 is 0 Å². The minimum absolute atomic E-state index is 0.806. The molecule has 0 bridgehead atoms. The first kappa shape index (κ1) is 16.9. The second kappa shape index (κ2) is 8.93. The topological polar surface area (TPSA) is 29.0 Å². The second-order valence-corrected chi connectivity index (χ2v) is 6.02. The molecule has 114 valence electrons. The molecule has 3 heteroatoms. The van der Waals surface area contributed by atoms with Gasteiger partial charge in [0, 0.05) is 25.5 Å². The van der Waals surface area contributed by atoms with E-state index in [1.807, 2.05) is 12.4 Å². The number of aryl methyl sites for hydroxylation is 1. The highest BCUT2D eigenvalue weighted by Gasteiger charge is 2.22. The number of hydrogen-bond acceptors (Lipinski definition) is 3. The monoisotopic (exact) mass is 277 g/mol. The van der Waals surface area contributed by atoms with Gasteiger partial charge in [-0.2, -0.15) is 0 Å². The van der Waals surface area contributed by atoms with E-state index in [1.54, 1.807) is 0 Å². The predicted octanol–water partition coefficient (Wildman–Crippen LogP) is 4.33. The van der Waals surface area contributed by atoms with Crippen molar-refractivity contribution in [1.29, 1.82) is 0 Å². The molecule has 1 aromatic heterocycles. The molecule has 2 heterocycles. The molecule has 0 aliphatic carbocycles. The Morgan fingerprint density at radius 2 is 1.60 bits per heavy atom. The Labute approximate surface area is 124 Å². The summed E-state index contributed by atoms with van der Waals surface area (Å²) in [4.78, 5) is 11.2. The largest absolute Gasteiger partial charge is 0.341 e. The summed E-state index contributed by atoms with van der Waals surface area (Å²) in [6, 6.07) is 0. The lowest BCUT2D eigenvalue weighted by atomic mass is 9.87. The summed E-state index contributed by atoms with van der Waals surface area (Å²) in [6.07, 6.45) is 8.72. The van der Waals surface area contributed by atoms with Crippen LogP contribution in [-0.4, -0.2) is 23.1 Å². The average Bonchev–Trinajstić information content (AvgIpc) is 2.48. The van der Waals surface area contributed by atoms with Crippen LogP contribution < -0.4 is 4.90 Å². The molecular weight excluding hydrogens is 246 g/mol. The van der Waals surface area contributed by atoms with Gasteiger partial charge in [-0.3, -0.25) is 0 Å². The molecule has 0 spiro atoms. The van der Waals surface area contributed by atoms with Gasteiger partial charge in [0.1, 0.15) is 0 Å². The van der Waals surface area contributed by atoms with Gasteiger partial charge in [-0.25, -0.2) is 9.97 Å². The van der Waals surface area contributed by atoms with Gasteiger partial charge in [0.15, 0.2) is 0 Å². The van der Waals surface area contributed by atoms with Crippen LogP contribution in [0.25, 0.3) is 0 Å². The molecule has 1 aromatic rings. The Kier molecular flexibility index (Phi) is 7.56. The van der Waals surface area contributed by atoms with E-state index < -0.39 is 0 Å². The highest BCUT2D eigenvalue weighted by Crippen LogP contribution is 2.26. The van der Waals surface area contributed by atoms with E-state index >= 15 is 0 Å². The molecule has 1 fully saturated rings. The minimum atomic E-state index is 0.806.